The van der Waals surface area contributed by atoms with Crippen LogP contribution in [0.15, 0.2) is 47.8 Å². The topological polar surface area (TPSA) is 63.0 Å². The maximum absolute atomic E-state index is 14.8. The van der Waals surface area contributed by atoms with E-state index < -0.39 is 12.0 Å². The number of aromatic nitrogens is 3. The summed E-state index contributed by atoms with van der Waals surface area (Å²) in [6.07, 6.45) is 6.52. The summed E-state index contributed by atoms with van der Waals surface area (Å²) in [6, 6.07) is 8.24. The second-order valence-electron chi connectivity index (χ2n) is 8.41. The Morgan fingerprint density at radius 2 is 2.03 bits per heavy atom. The molecule has 2 aliphatic heterocycles. The number of piperidine rings is 2. The van der Waals surface area contributed by atoms with E-state index >= 15 is 0 Å². The van der Waals surface area contributed by atoms with Gasteiger partial charge in [-0.05, 0) is 49.6 Å². The van der Waals surface area contributed by atoms with Crippen molar-refractivity contribution in [1.82, 2.24) is 20.1 Å². The minimum atomic E-state index is -0.910. The van der Waals surface area contributed by atoms with E-state index in [1.165, 1.54) is 23.9 Å². The van der Waals surface area contributed by atoms with Crippen LogP contribution in [0.3, 0.4) is 0 Å². The summed E-state index contributed by atoms with van der Waals surface area (Å²) in [7, 11) is 1.85. The SMILES string of the molecule is Cn1ccc(-c2cc(O)c(-c3ccc(S[C@H]4CC5CCCC(N5)[C@H]4F)nn3)cc2F)c1. The zero-order valence-electron chi connectivity index (χ0n) is 17.1. The van der Waals surface area contributed by atoms with Gasteiger partial charge in [0.15, 0.2) is 0 Å². The van der Waals surface area contributed by atoms with Gasteiger partial charge in [0, 0.05) is 53.5 Å². The number of thioether (sulfide) groups is 1. The minimum absolute atomic E-state index is 0.0649. The molecule has 2 bridgehead atoms. The summed E-state index contributed by atoms with van der Waals surface area (Å²) < 4.78 is 31.4. The van der Waals surface area contributed by atoms with Crippen LogP contribution in [-0.4, -0.2) is 43.4 Å². The van der Waals surface area contributed by atoms with Crippen molar-refractivity contribution in [3.8, 4) is 28.1 Å². The minimum Gasteiger partial charge on any atom is -0.507 e. The standard InChI is InChI=1S/C23H24F2N4OS/c1-29-8-7-13(12-29)15-11-20(30)16(10-17(15)24)18-5-6-22(28-27-18)31-21-9-14-3-2-4-19(26-14)23(21)25/h5-8,10-12,14,19,21,23,26,30H,2-4,9H2,1H3/t14?,19?,21-,23+/m0/s1. The molecular weight excluding hydrogens is 418 g/mol. The summed E-state index contributed by atoms with van der Waals surface area (Å²) >= 11 is 1.42. The third-order valence-electron chi connectivity index (χ3n) is 6.19. The van der Waals surface area contributed by atoms with Crippen molar-refractivity contribution in [3.63, 3.8) is 0 Å². The zero-order chi connectivity index (χ0) is 21.5. The second-order valence-corrected chi connectivity index (χ2v) is 9.67. The fourth-order valence-corrected chi connectivity index (χ4v) is 5.80. The highest BCUT2D eigenvalue weighted by atomic mass is 32.2. The van der Waals surface area contributed by atoms with Gasteiger partial charge in [-0.25, -0.2) is 8.78 Å². The highest BCUT2D eigenvalue weighted by Gasteiger charge is 2.40. The van der Waals surface area contributed by atoms with Gasteiger partial charge in [0.05, 0.1) is 5.69 Å². The maximum Gasteiger partial charge on any atom is 0.132 e. The largest absolute Gasteiger partial charge is 0.507 e. The van der Waals surface area contributed by atoms with Crippen LogP contribution in [0.25, 0.3) is 22.4 Å². The fourth-order valence-electron chi connectivity index (χ4n) is 4.61. The molecule has 4 heterocycles. The van der Waals surface area contributed by atoms with Crippen molar-refractivity contribution in [2.45, 2.75) is 54.2 Å². The molecule has 1 aromatic carbocycles. The number of halogens is 2. The number of phenolic OH excluding ortho intramolecular Hbond substituents is 1. The smallest absolute Gasteiger partial charge is 0.132 e. The maximum atomic E-state index is 14.8. The molecular formula is C23H24F2N4OS. The lowest BCUT2D eigenvalue weighted by Gasteiger charge is -2.42. The molecule has 2 saturated heterocycles. The number of aryl methyl sites for hydroxylation is 1. The van der Waals surface area contributed by atoms with Crippen molar-refractivity contribution in [2.24, 2.45) is 7.05 Å². The van der Waals surface area contributed by atoms with Crippen LogP contribution in [0.4, 0.5) is 8.78 Å². The molecule has 3 aromatic rings. The van der Waals surface area contributed by atoms with Gasteiger partial charge in [0.25, 0.3) is 0 Å². The van der Waals surface area contributed by atoms with Gasteiger partial charge >= 0.3 is 0 Å². The molecule has 2 N–H and O–H groups in total. The number of phenols is 1. The van der Waals surface area contributed by atoms with Crippen molar-refractivity contribution < 1.29 is 13.9 Å². The predicted octanol–water partition coefficient (Wildman–Crippen LogP) is 4.71. The molecule has 31 heavy (non-hydrogen) atoms. The number of nitrogens with one attached hydrogen (secondary N) is 1. The van der Waals surface area contributed by atoms with Gasteiger partial charge in [-0.1, -0.05) is 18.2 Å². The molecule has 2 fully saturated rings. The second kappa shape index (κ2) is 8.24. The summed E-state index contributed by atoms with van der Waals surface area (Å²) in [5, 5.41) is 22.8. The molecule has 162 valence electrons. The summed E-state index contributed by atoms with van der Waals surface area (Å²) in [4.78, 5) is 0. The van der Waals surface area contributed by atoms with Gasteiger partial charge in [-0.2, -0.15) is 0 Å². The zero-order valence-corrected chi connectivity index (χ0v) is 17.9. The molecule has 0 aliphatic carbocycles. The third-order valence-corrected chi connectivity index (χ3v) is 7.40. The average Bonchev–Trinajstić information content (AvgIpc) is 3.20. The first-order valence-electron chi connectivity index (χ1n) is 10.5. The van der Waals surface area contributed by atoms with Crippen LogP contribution in [0, 0.1) is 5.82 Å². The first-order valence-corrected chi connectivity index (χ1v) is 11.4. The lowest BCUT2D eigenvalue weighted by Crippen LogP contribution is -2.56. The Balaban J connectivity index is 1.35. The lowest BCUT2D eigenvalue weighted by molar-refractivity contribution is 0.137. The number of benzene rings is 1. The van der Waals surface area contributed by atoms with Crippen LogP contribution in [0.5, 0.6) is 5.75 Å². The molecule has 5 rings (SSSR count). The molecule has 0 radical (unpaired) electrons. The first-order chi connectivity index (χ1) is 15.0. The molecule has 2 aliphatic rings. The Hall–Kier alpha value is -2.45. The quantitative estimate of drug-likeness (QED) is 0.613. The van der Waals surface area contributed by atoms with E-state index in [1.54, 1.807) is 24.4 Å². The van der Waals surface area contributed by atoms with Gasteiger partial charge in [-0.3, -0.25) is 0 Å². The molecule has 5 nitrogen and oxygen atoms in total. The number of fused-ring (bicyclic) bond motifs is 2. The molecule has 0 saturated carbocycles. The van der Waals surface area contributed by atoms with Crippen LogP contribution < -0.4 is 5.32 Å². The Kier molecular flexibility index (Phi) is 5.44. The first kappa shape index (κ1) is 20.5. The Morgan fingerprint density at radius 3 is 2.77 bits per heavy atom. The van der Waals surface area contributed by atoms with Crippen molar-refractivity contribution in [2.75, 3.05) is 0 Å². The van der Waals surface area contributed by atoms with Crippen molar-refractivity contribution in [3.05, 3.63) is 48.5 Å². The van der Waals surface area contributed by atoms with Crippen LogP contribution in [0.1, 0.15) is 25.7 Å². The molecule has 8 heteroatoms. The monoisotopic (exact) mass is 442 g/mol. The number of aromatic hydroxyl groups is 1. The van der Waals surface area contributed by atoms with E-state index in [2.05, 4.69) is 15.5 Å². The lowest BCUT2D eigenvalue weighted by atomic mass is 9.85. The van der Waals surface area contributed by atoms with E-state index in [1.807, 2.05) is 17.8 Å². The van der Waals surface area contributed by atoms with E-state index in [0.29, 0.717) is 27.9 Å². The number of nitrogens with zero attached hydrogens (tertiary/aromatic N) is 3. The number of alkyl halides is 1. The van der Waals surface area contributed by atoms with Crippen molar-refractivity contribution >= 4 is 11.8 Å². The number of rotatable bonds is 4. The van der Waals surface area contributed by atoms with E-state index in [-0.39, 0.29) is 22.6 Å². The molecule has 0 spiro atoms. The number of hydrogen-bond acceptors (Lipinski definition) is 5. The molecule has 2 unspecified atom stereocenters. The van der Waals surface area contributed by atoms with Crippen LogP contribution in [-0.2, 0) is 7.05 Å². The highest BCUT2D eigenvalue weighted by Crippen LogP contribution is 2.38. The fraction of sp³-hybridized carbons (Fsp3) is 0.391. The van der Waals surface area contributed by atoms with E-state index in [9.17, 15) is 13.9 Å². The van der Waals surface area contributed by atoms with Crippen LogP contribution >= 0.6 is 11.8 Å². The van der Waals surface area contributed by atoms with E-state index in [4.69, 9.17) is 0 Å². The molecule has 2 aromatic heterocycles. The Labute approximate surface area is 183 Å². The van der Waals surface area contributed by atoms with Crippen LogP contribution in [0.2, 0.25) is 0 Å². The highest BCUT2D eigenvalue weighted by molar-refractivity contribution is 7.99. The summed E-state index contributed by atoms with van der Waals surface area (Å²) in [5.41, 5.74) is 1.67. The normalized spacial score (nSPS) is 25.5. The summed E-state index contributed by atoms with van der Waals surface area (Å²) in [6.45, 7) is 0. The molecule has 4 atom stereocenters. The average molecular weight is 443 g/mol. The Morgan fingerprint density at radius 1 is 1.16 bits per heavy atom. The van der Waals surface area contributed by atoms with Crippen molar-refractivity contribution in [1.29, 1.82) is 0 Å². The van der Waals surface area contributed by atoms with E-state index in [0.717, 1.165) is 25.7 Å². The number of hydrogen-bond donors (Lipinski definition) is 2. The summed E-state index contributed by atoms with van der Waals surface area (Å²) in [5.74, 6) is -0.509. The van der Waals surface area contributed by atoms with Gasteiger partial charge in [0.2, 0.25) is 0 Å². The predicted molar refractivity (Wildman–Crippen MR) is 117 cm³/mol. The van der Waals surface area contributed by atoms with Gasteiger partial charge in [0.1, 0.15) is 22.8 Å². The third kappa shape index (κ3) is 4.06. The molecule has 0 amide bonds. The van der Waals surface area contributed by atoms with Gasteiger partial charge in [-0.15, -0.1) is 10.2 Å². The van der Waals surface area contributed by atoms with Gasteiger partial charge < -0.3 is 15.0 Å². The Bertz CT molecular complexity index is 1090.